The molecule has 0 saturated carbocycles. The lowest BCUT2D eigenvalue weighted by Crippen LogP contribution is -2.48. The van der Waals surface area contributed by atoms with Crippen molar-refractivity contribution in [1.29, 1.82) is 0 Å². The molecule has 1 amide bonds. The van der Waals surface area contributed by atoms with E-state index in [4.69, 9.17) is 4.74 Å². The van der Waals surface area contributed by atoms with Crippen LogP contribution in [0.5, 0.6) is 5.75 Å². The number of ether oxygens (including phenoxy) is 1. The van der Waals surface area contributed by atoms with Crippen molar-refractivity contribution in [2.45, 2.75) is 59.2 Å². The maximum Gasteiger partial charge on any atom is 0.261 e. The van der Waals surface area contributed by atoms with E-state index in [2.05, 4.69) is 17.6 Å². The number of rotatable bonds is 7. The van der Waals surface area contributed by atoms with Crippen molar-refractivity contribution >= 4 is 5.91 Å². The smallest absolute Gasteiger partial charge is 0.261 e. The number of carbonyl (C=O) groups is 1. The highest BCUT2D eigenvalue weighted by atomic mass is 16.5. The van der Waals surface area contributed by atoms with E-state index < -0.39 is 6.10 Å². The van der Waals surface area contributed by atoms with Crippen molar-refractivity contribution in [3.05, 3.63) is 29.3 Å². The fourth-order valence-electron chi connectivity index (χ4n) is 1.97. The summed E-state index contributed by atoms with van der Waals surface area (Å²) in [6.45, 7) is 10.6. The zero-order chi connectivity index (χ0) is 16.0. The van der Waals surface area contributed by atoms with Gasteiger partial charge in [-0.15, -0.1) is 0 Å². The van der Waals surface area contributed by atoms with Crippen LogP contribution < -0.4 is 15.4 Å². The molecule has 0 radical (unpaired) electrons. The standard InChI is InChI=1S/C17H28N2O2/c1-7-17(4,5)19-16(20)13(3)21-15-12(2)9-8-10-14(15)11-18-6/h8-10,13,18H,7,11H2,1-6H3,(H,19,20). The van der Waals surface area contributed by atoms with Gasteiger partial charge < -0.3 is 15.4 Å². The van der Waals surface area contributed by atoms with Crippen molar-refractivity contribution in [2.24, 2.45) is 0 Å². The molecule has 0 aliphatic carbocycles. The lowest BCUT2D eigenvalue weighted by atomic mass is 10.0. The Morgan fingerprint density at radius 3 is 2.62 bits per heavy atom. The maximum atomic E-state index is 12.3. The molecular weight excluding hydrogens is 264 g/mol. The Kier molecular flexibility index (Phi) is 6.21. The van der Waals surface area contributed by atoms with E-state index in [0.717, 1.165) is 23.3 Å². The third kappa shape index (κ3) is 5.05. The van der Waals surface area contributed by atoms with Gasteiger partial charge in [0.15, 0.2) is 6.10 Å². The Morgan fingerprint density at radius 2 is 2.05 bits per heavy atom. The monoisotopic (exact) mass is 292 g/mol. The van der Waals surface area contributed by atoms with Crippen LogP contribution >= 0.6 is 0 Å². The Bertz CT molecular complexity index is 484. The van der Waals surface area contributed by atoms with Crippen LogP contribution in [0.2, 0.25) is 0 Å². The third-order valence-corrected chi connectivity index (χ3v) is 3.67. The number of carbonyl (C=O) groups excluding carboxylic acids is 1. The largest absolute Gasteiger partial charge is 0.480 e. The second kappa shape index (κ2) is 7.46. The van der Waals surface area contributed by atoms with E-state index in [-0.39, 0.29) is 11.4 Å². The van der Waals surface area contributed by atoms with Gasteiger partial charge in [0.25, 0.3) is 5.91 Å². The summed E-state index contributed by atoms with van der Waals surface area (Å²) in [5, 5.41) is 6.14. The Balaban J connectivity index is 2.83. The summed E-state index contributed by atoms with van der Waals surface area (Å²) >= 11 is 0. The molecule has 21 heavy (non-hydrogen) atoms. The lowest BCUT2D eigenvalue weighted by Gasteiger charge is -2.27. The van der Waals surface area contributed by atoms with Crippen molar-refractivity contribution in [3.8, 4) is 5.75 Å². The molecule has 118 valence electrons. The molecule has 1 atom stereocenters. The lowest BCUT2D eigenvalue weighted by molar-refractivity contribution is -0.129. The highest BCUT2D eigenvalue weighted by Gasteiger charge is 2.23. The molecule has 0 spiro atoms. The number of benzene rings is 1. The average Bonchev–Trinajstić information content (AvgIpc) is 2.42. The van der Waals surface area contributed by atoms with Gasteiger partial charge in [-0.05, 0) is 46.7 Å². The number of para-hydroxylation sites is 1. The van der Waals surface area contributed by atoms with E-state index in [1.54, 1.807) is 6.92 Å². The summed E-state index contributed by atoms with van der Waals surface area (Å²) in [4.78, 5) is 12.3. The normalized spacial score (nSPS) is 12.9. The Morgan fingerprint density at radius 1 is 1.38 bits per heavy atom. The predicted octanol–water partition coefficient (Wildman–Crippen LogP) is 2.79. The van der Waals surface area contributed by atoms with Crippen LogP contribution in [0.25, 0.3) is 0 Å². The molecule has 1 aromatic carbocycles. The quantitative estimate of drug-likeness (QED) is 0.812. The van der Waals surface area contributed by atoms with Crippen LogP contribution in [0.15, 0.2) is 18.2 Å². The molecule has 0 fully saturated rings. The van der Waals surface area contributed by atoms with Gasteiger partial charge in [0, 0.05) is 17.6 Å². The first-order valence-electron chi connectivity index (χ1n) is 7.52. The second-order valence-corrected chi connectivity index (χ2v) is 6.08. The molecule has 1 aromatic rings. The van der Waals surface area contributed by atoms with E-state index in [0.29, 0.717) is 6.54 Å². The zero-order valence-electron chi connectivity index (χ0n) is 14.0. The molecule has 0 aliphatic heterocycles. The first-order chi connectivity index (χ1) is 9.80. The molecule has 4 heteroatoms. The minimum Gasteiger partial charge on any atom is -0.480 e. The van der Waals surface area contributed by atoms with Gasteiger partial charge in [-0.2, -0.15) is 0 Å². The van der Waals surface area contributed by atoms with Crippen LogP contribution in [0.3, 0.4) is 0 Å². The number of nitrogens with one attached hydrogen (secondary N) is 2. The van der Waals surface area contributed by atoms with Crippen molar-refractivity contribution in [3.63, 3.8) is 0 Å². The molecule has 0 bridgehead atoms. The SMILES string of the molecule is CCC(C)(C)NC(=O)C(C)Oc1c(C)cccc1CNC. The summed E-state index contributed by atoms with van der Waals surface area (Å²) in [6.07, 6.45) is 0.355. The molecule has 0 heterocycles. The summed E-state index contributed by atoms with van der Waals surface area (Å²) in [5.41, 5.74) is 1.89. The Labute approximate surface area is 128 Å². The average molecular weight is 292 g/mol. The van der Waals surface area contributed by atoms with Crippen molar-refractivity contribution in [2.75, 3.05) is 7.05 Å². The molecule has 0 aromatic heterocycles. The number of hydrogen-bond donors (Lipinski definition) is 2. The first-order valence-corrected chi connectivity index (χ1v) is 7.52. The first kappa shape index (κ1) is 17.5. The second-order valence-electron chi connectivity index (χ2n) is 6.08. The minimum absolute atomic E-state index is 0.0829. The molecule has 2 N–H and O–H groups in total. The van der Waals surface area contributed by atoms with Gasteiger partial charge in [-0.3, -0.25) is 4.79 Å². The molecule has 1 rings (SSSR count). The predicted molar refractivity (Wildman–Crippen MR) is 86.5 cm³/mol. The molecular formula is C17H28N2O2. The Hall–Kier alpha value is -1.55. The van der Waals surface area contributed by atoms with E-state index in [1.807, 2.05) is 46.0 Å². The van der Waals surface area contributed by atoms with Crippen molar-refractivity contribution in [1.82, 2.24) is 10.6 Å². The van der Waals surface area contributed by atoms with E-state index >= 15 is 0 Å². The minimum atomic E-state index is -0.521. The highest BCUT2D eigenvalue weighted by Crippen LogP contribution is 2.24. The van der Waals surface area contributed by atoms with Crippen LogP contribution in [0.1, 0.15) is 45.2 Å². The van der Waals surface area contributed by atoms with Crippen LogP contribution in [-0.4, -0.2) is 24.6 Å². The van der Waals surface area contributed by atoms with Gasteiger partial charge in [-0.1, -0.05) is 25.1 Å². The van der Waals surface area contributed by atoms with Gasteiger partial charge in [0.2, 0.25) is 0 Å². The third-order valence-electron chi connectivity index (χ3n) is 3.67. The van der Waals surface area contributed by atoms with Crippen molar-refractivity contribution < 1.29 is 9.53 Å². The molecule has 0 saturated heterocycles. The number of aryl methyl sites for hydroxylation is 1. The molecule has 4 nitrogen and oxygen atoms in total. The highest BCUT2D eigenvalue weighted by molar-refractivity contribution is 5.81. The van der Waals surface area contributed by atoms with Crippen LogP contribution in [-0.2, 0) is 11.3 Å². The van der Waals surface area contributed by atoms with E-state index in [1.165, 1.54) is 0 Å². The van der Waals surface area contributed by atoms with Gasteiger partial charge in [-0.25, -0.2) is 0 Å². The summed E-state index contributed by atoms with van der Waals surface area (Å²) in [5.74, 6) is 0.712. The van der Waals surface area contributed by atoms with Gasteiger partial charge in [0.1, 0.15) is 5.75 Å². The van der Waals surface area contributed by atoms with Gasteiger partial charge in [0.05, 0.1) is 0 Å². The summed E-state index contributed by atoms with van der Waals surface area (Å²) < 4.78 is 5.93. The zero-order valence-corrected chi connectivity index (χ0v) is 14.0. The van der Waals surface area contributed by atoms with E-state index in [9.17, 15) is 4.79 Å². The fraction of sp³-hybridized carbons (Fsp3) is 0.588. The maximum absolute atomic E-state index is 12.3. The van der Waals surface area contributed by atoms with Gasteiger partial charge >= 0.3 is 0 Å². The summed E-state index contributed by atoms with van der Waals surface area (Å²) in [7, 11) is 1.89. The number of hydrogen-bond acceptors (Lipinski definition) is 3. The van der Waals surface area contributed by atoms with Crippen LogP contribution in [0.4, 0.5) is 0 Å². The topological polar surface area (TPSA) is 50.4 Å². The molecule has 0 aliphatic rings. The summed E-state index contributed by atoms with van der Waals surface area (Å²) in [6, 6.07) is 6.01. The molecule has 1 unspecified atom stereocenters. The number of amides is 1. The fourth-order valence-corrected chi connectivity index (χ4v) is 1.97. The van der Waals surface area contributed by atoms with Crippen LogP contribution in [0, 0.1) is 6.92 Å².